The first kappa shape index (κ1) is 16.3. The Morgan fingerprint density at radius 2 is 2.13 bits per heavy atom. The number of hydrogen-bond donors (Lipinski definition) is 1. The van der Waals surface area contributed by atoms with E-state index in [1.165, 1.54) is 0 Å². The molecule has 0 spiro atoms. The maximum atomic E-state index is 12.3. The van der Waals surface area contributed by atoms with Crippen molar-refractivity contribution in [3.63, 3.8) is 0 Å². The fourth-order valence-electron chi connectivity index (χ4n) is 3.73. The van der Waals surface area contributed by atoms with Crippen molar-refractivity contribution < 1.29 is 19.0 Å². The molecule has 0 unspecified atom stereocenters. The zero-order valence-corrected chi connectivity index (χ0v) is 13.8. The average Bonchev–Trinajstić information content (AvgIpc) is 2.97. The highest BCUT2D eigenvalue weighted by Gasteiger charge is 2.54. The van der Waals surface area contributed by atoms with E-state index in [0.29, 0.717) is 25.6 Å². The number of fused-ring (bicyclic) bond motifs is 1. The van der Waals surface area contributed by atoms with Gasteiger partial charge >= 0.3 is 0 Å². The summed E-state index contributed by atoms with van der Waals surface area (Å²) < 4.78 is 16.4. The van der Waals surface area contributed by atoms with Gasteiger partial charge in [0.2, 0.25) is 5.91 Å². The Hall–Kier alpha value is -1.59. The molecule has 2 aliphatic rings. The van der Waals surface area contributed by atoms with Crippen LogP contribution in [0.25, 0.3) is 0 Å². The largest absolute Gasteiger partial charge is 0.494 e. The minimum absolute atomic E-state index is 0.0608. The van der Waals surface area contributed by atoms with Crippen LogP contribution in [0.2, 0.25) is 0 Å². The lowest BCUT2D eigenvalue weighted by Gasteiger charge is -2.47. The van der Waals surface area contributed by atoms with Gasteiger partial charge in [0, 0.05) is 31.6 Å². The number of carbonyl (C=O) groups is 1. The van der Waals surface area contributed by atoms with E-state index in [1.54, 1.807) is 7.11 Å². The van der Waals surface area contributed by atoms with Gasteiger partial charge in [0.15, 0.2) is 0 Å². The van der Waals surface area contributed by atoms with Crippen molar-refractivity contribution in [1.29, 1.82) is 0 Å². The summed E-state index contributed by atoms with van der Waals surface area (Å²) in [5, 5.41) is 3.18. The molecule has 0 bridgehead atoms. The molecule has 5 heteroatoms. The summed E-state index contributed by atoms with van der Waals surface area (Å²) in [5.74, 6) is 1.61. The molecule has 1 aromatic rings. The lowest BCUT2D eigenvalue weighted by Crippen LogP contribution is -2.62. The molecule has 1 aliphatic heterocycles. The minimum Gasteiger partial charge on any atom is -0.494 e. The van der Waals surface area contributed by atoms with Gasteiger partial charge in [-0.05, 0) is 31.0 Å². The fraction of sp³-hybridized carbons (Fsp3) is 0.611. The SMILES string of the molecule is CCOc1ccc(CC(=O)N[C@H]2[C@@H]3CCO[C@@H]3[C@H]2COC)cc1. The van der Waals surface area contributed by atoms with Gasteiger partial charge in [-0.25, -0.2) is 0 Å². The Labute approximate surface area is 137 Å². The van der Waals surface area contributed by atoms with E-state index in [9.17, 15) is 4.79 Å². The predicted octanol–water partition coefficient (Wildman–Crippen LogP) is 1.79. The van der Waals surface area contributed by atoms with Crippen molar-refractivity contribution in [1.82, 2.24) is 5.32 Å². The lowest BCUT2D eigenvalue weighted by atomic mass is 9.67. The van der Waals surface area contributed by atoms with E-state index in [4.69, 9.17) is 14.2 Å². The molecule has 23 heavy (non-hydrogen) atoms. The second kappa shape index (κ2) is 7.32. The summed E-state index contributed by atoms with van der Waals surface area (Å²) in [5.41, 5.74) is 0.993. The molecule has 4 atom stereocenters. The fourth-order valence-corrected chi connectivity index (χ4v) is 3.73. The third-order valence-electron chi connectivity index (χ3n) is 4.81. The molecule has 126 valence electrons. The molecular weight excluding hydrogens is 294 g/mol. The van der Waals surface area contributed by atoms with Gasteiger partial charge in [-0.1, -0.05) is 12.1 Å². The third kappa shape index (κ3) is 3.51. The first-order valence-corrected chi connectivity index (χ1v) is 8.34. The molecule has 0 radical (unpaired) electrons. The number of amides is 1. The smallest absolute Gasteiger partial charge is 0.224 e. The molecule has 0 aromatic heterocycles. The van der Waals surface area contributed by atoms with Crippen molar-refractivity contribution >= 4 is 5.91 Å². The Kier molecular flexibility index (Phi) is 5.18. The molecule has 1 N–H and O–H groups in total. The normalized spacial score (nSPS) is 28.8. The quantitative estimate of drug-likeness (QED) is 0.832. The van der Waals surface area contributed by atoms with Gasteiger partial charge in [0.25, 0.3) is 0 Å². The van der Waals surface area contributed by atoms with Crippen molar-refractivity contribution in [2.75, 3.05) is 26.9 Å². The van der Waals surface area contributed by atoms with E-state index >= 15 is 0 Å². The Bertz CT molecular complexity index is 530. The number of carbonyl (C=O) groups excluding carboxylic acids is 1. The highest BCUT2D eigenvalue weighted by molar-refractivity contribution is 5.79. The zero-order chi connectivity index (χ0) is 16.2. The Morgan fingerprint density at radius 1 is 1.35 bits per heavy atom. The standard InChI is InChI=1S/C18H25NO4/c1-3-22-13-6-4-12(5-7-13)10-16(20)19-17-14-8-9-23-18(14)15(17)11-21-2/h4-7,14-15,17-18H,3,8-11H2,1-2H3,(H,19,20)/t14-,15-,17-,18-/m0/s1. The zero-order valence-electron chi connectivity index (χ0n) is 13.8. The number of benzene rings is 1. The molecule has 3 rings (SSSR count). The third-order valence-corrected chi connectivity index (χ3v) is 4.81. The summed E-state index contributed by atoms with van der Waals surface area (Å²) in [6, 6.07) is 7.88. The van der Waals surface area contributed by atoms with Crippen LogP contribution in [0.1, 0.15) is 18.9 Å². The van der Waals surface area contributed by atoms with Crippen LogP contribution in [-0.4, -0.2) is 45.0 Å². The first-order valence-electron chi connectivity index (χ1n) is 8.34. The van der Waals surface area contributed by atoms with Crippen LogP contribution in [0.15, 0.2) is 24.3 Å². The van der Waals surface area contributed by atoms with Crippen molar-refractivity contribution in [3.8, 4) is 5.75 Å². The van der Waals surface area contributed by atoms with E-state index in [2.05, 4.69) is 5.32 Å². The molecular formula is C18H25NO4. The maximum absolute atomic E-state index is 12.3. The van der Waals surface area contributed by atoms with Crippen LogP contribution in [-0.2, 0) is 20.7 Å². The van der Waals surface area contributed by atoms with E-state index in [1.807, 2.05) is 31.2 Å². The van der Waals surface area contributed by atoms with Gasteiger partial charge in [0.1, 0.15) is 5.75 Å². The Morgan fingerprint density at radius 3 is 2.83 bits per heavy atom. The van der Waals surface area contributed by atoms with Gasteiger partial charge in [-0.15, -0.1) is 0 Å². The molecule has 1 saturated carbocycles. The molecule has 1 amide bonds. The highest BCUT2D eigenvalue weighted by Crippen LogP contribution is 2.43. The average molecular weight is 319 g/mol. The summed E-state index contributed by atoms with van der Waals surface area (Å²) >= 11 is 0. The van der Waals surface area contributed by atoms with E-state index in [-0.39, 0.29) is 24.0 Å². The maximum Gasteiger partial charge on any atom is 0.224 e. The van der Waals surface area contributed by atoms with Crippen LogP contribution >= 0.6 is 0 Å². The van der Waals surface area contributed by atoms with Crippen LogP contribution in [0.5, 0.6) is 5.75 Å². The van der Waals surface area contributed by atoms with Crippen LogP contribution in [0.3, 0.4) is 0 Å². The van der Waals surface area contributed by atoms with Gasteiger partial charge < -0.3 is 19.5 Å². The molecule has 1 aliphatic carbocycles. The predicted molar refractivity (Wildman–Crippen MR) is 86.5 cm³/mol. The number of ether oxygens (including phenoxy) is 3. The summed E-state index contributed by atoms with van der Waals surface area (Å²) in [6.45, 7) is 4.03. The lowest BCUT2D eigenvalue weighted by molar-refractivity contribution is -0.129. The first-order chi connectivity index (χ1) is 11.2. The Balaban J connectivity index is 1.54. The van der Waals surface area contributed by atoms with Crippen molar-refractivity contribution in [2.45, 2.75) is 31.9 Å². The topological polar surface area (TPSA) is 56.8 Å². The monoisotopic (exact) mass is 319 g/mol. The number of methoxy groups -OCH3 is 1. The number of hydrogen-bond acceptors (Lipinski definition) is 4. The van der Waals surface area contributed by atoms with E-state index < -0.39 is 0 Å². The second-order valence-electron chi connectivity index (χ2n) is 6.25. The van der Waals surface area contributed by atoms with E-state index in [0.717, 1.165) is 24.3 Å². The summed E-state index contributed by atoms with van der Waals surface area (Å²) in [7, 11) is 1.70. The molecule has 5 nitrogen and oxygen atoms in total. The van der Waals surface area contributed by atoms with Gasteiger partial charge in [-0.2, -0.15) is 0 Å². The molecule has 1 aromatic carbocycles. The molecule has 2 fully saturated rings. The van der Waals surface area contributed by atoms with Crippen LogP contribution < -0.4 is 10.1 Å². The summed E-state index contributed by atoms with van der Waals surface area (Å²) in [6.07, 6.45) is 1.67. The minimum atomic E-state index is 0.0608. The van der Waals surface area contributed by atoms with Crippen molar-refractivity contribution in [2.24, 2.45) is 11.8 Å². The number of rotatable bonds is 7. The molecule has 1 heterocycles. The second-order valence-corrected chi connectivity index (χ2v) is 6.25. The van der Waals surface area contributed by atoms with Crippen LogP contribution in [0, 0.1) is 11.8 Å². The van der Waals surface area contributed by atoms with Gasteiger partial charge in [0.05, 0.1) is 25.7 Å². The molecule has 1 saturated heterocycles. The highest BCUT2D eigenvalue weighted by atomic mass is 16.5. The van der Waals surface area contributed by atoms with Gasteiger partial charge in [-0.3, -0.25) is 4.79 Å². The van der Waals surface area contributed by atoms with Crippen molar-refractivity contribution in [3.05, 3.63) is 29.8 Å². The number of nitrogens with one attached hydrogen (secondary N) is 1. The summed E-state index contributed by atoms with van der Waals surface area (Å²) in [4.78, 5) is 12.3. The van der Waals surface area contributed by atoms with Crippen LogP contribution in [0.4, 0.5) is 0 Å².